The molecule has 0 radical (unpaired) electrons. The van der Waals surface area contributed by atoms with Crippen molar-refractivity contribution in [1.29, 1.82) is 0 Å². The van der Waals surface area contributed by atoms with Crippen LogP contribution in [-0.2, 0) is 0 Å². The van der Waals surface area contributed by atoms with E-state index in [4.69, 9.17) is 4.74 Å². The van der Waals surface area contributed by atoms with Crippen LogP contribution in [0, 0.1) is 5.82 Å². The molecule has 0 fully saturated rings. The standard InChI is InChI=1S/C15H12FNOS/c1-2-18-13-7-8-14(15(16)9-13)11-3-5-12(6-4-11)17-10-19/h3-9H,2H2,1H3. The maximum atomic E-state index is 14.0. The average molecular weight is 273 g/mol. The number of hydrogen-bond acceptors (Lipinski definition) is 3. The monoisotopic (exact) mass is 273 g/mol. The van der Waals surface area contributed by atoms with E-state index in [1.165, 1.54) is 6.07 Å². The van der Waals surface area contributed by atoms with Gasteiger partial charge in [0.25, 0.3) is 0 Å². The molecule has 0 unspecified atom stereocenters. The lowest BCUT2D eigenvalue weighted by Crippen LogP contribution is -1.93. The summed E-state index contributed by atoms with van der Waals surface area (Å²) in [6.45, 7) is 2.38. The molecule has 0 heterocycles. The van der Waals surface area contributed by atoms with Gasteiger partial charge in [0.05, 0.1) is 17.5 Å². The highest BCUT2D eigenvalue weighted by atomic mass is 32.1. The number of hydrogen-bond donors (Lipinski definition) is 0. The van der Waals surface area contributed by atoms with Crippen molar-refractivity contribution in [2.75, 3.05) is 6.61 Å². The van der Waals surface area contributed by atoms with Crippen LogP contribution in [-0.4, -0.2) is 11.8 Å². The third-order valence-corrected chi connectivity index (χ3v) is 2.70. The highest BCUT2D eigenvalue weighted by Crippen LogP contribution is 2.27. The van der Waals surface area contributed by atoms with E-state index < -0.39 is 0 Å². The first kappa shape index (κ1) is 13.4. The Morgan fingerprint density at radius 3 is 2.53 bits per heavy atom. The third-order valence-electron chi connectivity index (χ3n) is 2.60. The zero-order valence-corrected chi connectivity index (χ0v) is 11.2. The molecule has 0 aromatic heterocycles. The molecule has 2 aromatic carbocycles. The van der Waals surface area contributed by atoms with E-state index in [1.54, 1.807) is 36.4 Å². The molecule has 0 aliphatic carbocycles. The fourth-order valence-corrected chi connectivity index (χ4v) is 1.86. The number of thiocarbonyl (C=S) groups is 1. The number of aliphatic imine (C=N–C) groups is 1. The molecule has 96 valence electrons. The maximum Gasteiger partial charge on any atom is 0.134 e. The minimum atomic E-state index is -0.308. The van der Waals surface area contributed by atoms with Crippen molar-refractivity contribution in [3.8, 4) is 16.9 Å². The smallest absolute Gasteiger partial charge is 0.134 e. The number of benzene rings is 2. The lowest BCUT2D eigenvalue weighted by atomic mass is 10.0. The largest absolute Gasteiger partial charge is 0.494 e. The number of rotatable bonds is 4. The molecular weight excluding hydrogens is 261 g/mol. The Morgan fingerprint density at radius 1 is 1.21 bits per heavy atom. The van der Waals surface area contributed by atoms with E-state index in [0.29, 0.717) is 23.6 Å². The van der Waals surface area contributed by atoms with Gasteiger partial charge in [0, 0.05) is 11.6 Å². The maximum absolute atomic E-state index is 14.0. The van der Waals surface area contributed by atoms with Gasteiger partial charge in [-0.05, 0) is 49.0 Å². The van der Waals surface area contributed by atoms with Crippen LogP contribution in [0.25, 0.3) is 11.1 Å². The molecule has 0 bridgehead atoms. The SMILES string of the molecule is CCOc1ccc(-c2ccc(N=C=S)cc2)c(F)c1. The fraction of sp³-hybridized carbons (Fsp3) is 0.133. The molecule has 0 N–H and O–H groups in total. The molecule has 0 saturated heterocycles. The molecule has 19 heavy (non-hydrogen) atoms. The van der Waals surface area contributed by atoms with Gasteiger partial charge >= 0.3 is 0 Å². The number of isothiocyanates is 1. The van der Waals surface area contributed by atoms with Gasteiger partial charge < -0.3 is 4.74 Å². The topological polar surface area (TPSA) is 21.6 Å². The predicted octanol–water partition coefficient (Wildman–Crippen LogP) is 4.63. The zero-order chi connectivity index (χ0) is 13.7. The Labute approximate surface area is 116 Å². The molecule has 0 aliphatic rings. The van der Waals surface area contributed by atoms with E-state index in [-0.39, 0.29) is 5.82 Å². The van der Waals surface area contributed by atoms with Crippen molar-refractivity contribution < 1.29 is 9.13 Å². The molecule has 2 aromatic rings. The van der Waals surface area contributed by atoms with Crippen molar-refractivity contribution in [1.82, 2.24) is 0 Å². The van der Waals surface area contributed by atoms with E-state index in [2.05, 4.69) is 22.4 Å². The van der Waals surface area contributed by atoms with E-state index in [0.717, 1.165) is 5.56 Å². The first-order valence-electron chi connectivity index (χ1n) is 5.85. The summed E-state index contributed by atoms with van der Waals surface area (Å²) in [6, 6.07) is 12.0. The number of ether oxygens (including phenoxy) is 1. The van der Waals surface area contributed by atoms with Crippen molar-refractivity contribution >= 4 is 23.1 Å². The van der Waals surface area contributed by atoms with Gasteiger partial charge in [0.1, 0.15) is 11.6 Å². The normalized spacial score (nSPS) is 9.79. The Kier molecular flexibility index (Phi) is 4.39. The van der Waals surface area contributed by atoms with Crippen LogP contribution in [0.5, 0.6) is 5.75 Å². The van der Waals surface area contributed by atoms with Gasteiger partial charge in [-0.2, -0.15) is 4.99 Å². The molecule has 4 heteroatoms. The van der Waals surface area contributed by atoms with Crippen molar-refractivity contribution in [2.24, 2.45) is 4.99 Å². The second kappa shape index (κ2) is 6.23. The first-order chi connectivity index (χ1) is 9.24. The van der Waals surface area contributed by atoms with Gasteiger partial charge in [0.2, 0.25) is 0 Å². The average Bonchev–Trinajstić information content (AvgIpc) is 2.41. The van der Waals surface area contributed by atoms with E-state index in [1.807, 2.05) is 6.92 Å². The molecule has 0 amide bonds. The van der Waals surface area contributed by atoms with Crippen LogP contribution in [0.3, 0.4) is 0 Å². The summed E-state index contributed by atoms with van der Waals surface area (Å²) in [5, 5.41) is 2.29. The van der Waals surface area contributed by atoms with Crippen molar-refractivity contribution in [3.63, 3.8) is 0 Å². The Bertz CT molecular complexity index is 619. The zero-order valence-electron chi connectivity index (χ0n) is 10.4. The Balaban J connectivity index is 2.33. The summed E-state index contributed by atoms with van der Waals surface area (Å²) < 4.78 is 19.2. The lowest BCUT2D eigenvalue weighted by molar-refractivity contribution is 0.338. The molecule has 0 atom stereocenters. The first-order valence-corrected chi connectivity index (χ1v) is 6.26. The molecular formula is C15H12FNOS. The van der Waals surface area contributed by atoms with Gasteiger partial charge in [0.15, 0.2) is 0 Å². The Hall–Kier alpha value is -2.03. The highest BCUT2D eigenvalue weighted by molar-refractivity contribution is 7.78. The van der Waals surface area contributed by atoms with E-state index >= 15 is 0 Å². The van der Waals surface area contributed by atoms with Crippen molar-refractivity contribution in [3.05, 3.63) is 48.3 Å². The summed E-state index contributed by atoms with van der Waals surface area (Å²) >= 11 is 4.53. The minimum Gasteiger partial charge on any atom is -0.494 e. The molecule has 0 aliphatic heterocycles. The van der Waals surface area contributed by atoms with Crippen molar-refractivity contribution in [2.45, 2.75) is 6.92 Å². The second-order valence-electron chi connectivity index (χ2n) is 3.82. The molecule has 2 rings (SSSR count). The van der Waals surface area contributed by atoms with Crippen LogP contribution >= 0.6 is 12.2 Å². The minimum absolute atomic E-state index is 0.308. The molecule has 0 saturated carbocycles. The highest BCUT2D eigenvalue weighted by Gasteiger charge is 2.06. The molecule has 2 nitrogen and oxygen atoms in total. The fourth-order valence-electron chi connectivity index (χ4n) is 1.75. The summed E-state index contributed by atoms with van der Waals surface area (Å²) in [5.41, 5.74) is 2.01. The van der Waals surface area contributed by atoms with Gasteiger partial charge in [-0.15, -0.1) is 0 Å². The summed E-state index contributed by atoms with van der Waals surface area (Å²) in [6.07, 6.45) is 0. The van der Waals surface area contributed by atoms with Gasteiger partial charge in [-0.25, -0.2) is 4.39 Å². The summed E-state index contributed by atoms with van der Waals surface area (Å²) in [4.78, 5) is 3.85. The number of halogens is 1. The van der Waals surface area contributed by atoms with Crippen LogP contribution in [0.2, 0.25) is 0 Å². The van der Waals surface area contributed by atoms with Crippen LogP contribution in [0.4, 0.5) is 10.1 Å². The Morgan fingerprint density at radius 2 is 1.95 bits per heavy atom. The van der Waals surface area contributed by atoms with E-state index in [9.17, 15) is 4.39 Å². The molecule has 0 spiro atoms. The summed E-state index contributed by atoms with van der Waals surface area (Å²) in [5.74, 6) is 0.225. The quantitative estimate of drug-likeness (QED) is 0.598. The number of nitrogens with zero attached hydrogens (tertiary/aromatic N) is 1. The van der Waals surface area contributed by atoms with Crippen LogP contribution < -0.4 is 4.74 Å². The lowest BCUT2D eigenvalue weighted by Gasteiger charge is -2.07. The second-order valence-corrected chi connectivity index (χ2v) is 4.01. The van der Waals surface area contributed by atoms with Gasteiger partial charge in [-0.1, -0.05) is 12.1 Å². The predicted molar refractivity (Wildman–Crippen MR) is 77.7 cm³/mol. The van der Waals surface area contributed by atoms with Crippen LogP contribution in [0.1, 0.15) is 6.92 Å². The summed E-state index contributed by atoms with van der Waals surface area (Å²) in [7, 11) is 0. The van der Waals surface area contributed by atoms with Crippen LogP contribution in [0.15, 0.2) is 47.5 Å². The van der Waals surface area contributed by atoms with Gasteiger partial charge in [-0.3, -0.25) is 0 Å². The third kappa shape index (κ3) is 3.25.